The summed E-state index contributed by atoms with van der Waals surface area (Å²) in [6.07, 6.45) is 3.71. The van der Waals surface area contributed by atoms with E-state index in [0.29, 0.717) is 5.92 Å². The molecule has 2 aromatic rings. The van der Waals surface area contributed by atoms with Gasteiger partial charge in [0.15, 0.2) is 0 Å². The minimum absolute atomic E-state index is 0.0476. The van der Waals surface area contributed by atoms with E-state index in [1.807, 2.05) is 12.1 Å². The molecule has 1 aromatic heterocycles. The Balaban J connectivity index is 2.10. The Morgan fingerprint density at radius 2 is 2.11 bits per heavy atom. The molecule has 1 fully saturated rings. The SMILES string of the molecule is COC(=O)c1cc2ccc(C3CCC3)cc2[nH]c1=O. The Kier molecular flexibility index (Phi) is 2.85. The molecule has 0 bridgehead atoms. The molecule has 4 nitrogen and oxygen atoms in total. The summed E-state index contributed by atoms with van der Waals surface area (Å²) in [6, 6.07) is 7.63. The number of hydrogen-bond acceptors (Lipinski definition) is 3. The molecule has 1 heterocycles. The van der Waals surface area contributed by atoms with Gasteiger partial charge in [0.2, 0.25) is 0 Å². The summed E-state index contributed by atoms with van der Waals surface area (Å²) in [5, 5.41) is 0.850. The van der Waals surface area contributed by atoms with Crippen LogP contribution >= 0.6 is 0 Å². The average molecular weight is 257 g/mol. The molecule has 4 heteroatoms. The normalized spacial score (nSPS) is 15.2. The topological polar surface area (TPSA) is 59.2 Å². The highest BCUT2D eigenvalue weighted by Crippen LogP contribution is 2.36. The zero-order chi connectivity index (χ0) is 13.4. The number of benzene rings is 1. The van der Waals surface area contributed by atoms with Crippen LogP contribution in [0.15, 0.2) is 29.1 Å². The minimum Gasteiger partial charge on any atom is -0.465 e. The number of fused-ring (bicyclic) bond motifs is 1. The van der Waals surface area contributed by atoms with Gasteiger partial charge in [0.05, 0.1) is 7.11 Å². The van der Waals surface area contributed by atoms with Gasteiger partial charge in [-0.15, -0.1) is 0 Å². The maximum Gasteiger partial charge on any atom is 0.343 e. The van der Waals surface area contributed by atoms with Crippen LogP contribution in [0.1, 0.15) is 41.1 Å². The Bertz CT molecular complexity index is 698. The predicted molar refractivity (Wildman–Crippen MR) is 72.5 cm³/mol. The largest absolute Gasteiger partial charge is 0.465 e. The standard InChI is InChI=1S/C15H15NO3/c1-19-15(18)12-7-11-6-5-10(9-3-2-4-9)8-13(11)16-14(12)17/h5-9H,2-4H2,1H3,(H,16,17). The lowest BCUT2D eigenvalue weighted by Gasteiger charge is -2.25. The summed E-state index contributed by atoms with van der Waals surface area (Å²) < 4.78 is 4.60. The quantitative estimate of drug-likeness (QED) is 0.841. The minimum atomic E-state index is -0.605. The Morgan fingerprint density at radius 1 is 1.32 bits per heavy atom. The summed E-state index contributed by atoms with van der Waals surface area (Å²) >= 11 is 0. The summed E-state index contributed by atoms with van der Waals surface area (Å²) in [5.74, 6) is 0.0133. The van der Waals surface area contributed by atoms with E-state index < -0.39 is 11.5 Å². The highest BCUT2D eigenvalue weighted by atomic mass is 16.5. The lowest BCUT2D eigenvalue weighted by molar-refractivity contribution is 0.0599. The Morgan fingerprint density at radius 3 is 2.74 bits per heavy atom. The zero-order valence-electron chi connectivity index (χ0n) is 10.7. The van der Waals surface area contributed by atoms with Crippen molar-refractivity contribution in [2.24, 2.45) is 0 Å². The van der Waals surface area contributed by atoms with Crippen molar-refractivity contribution in [3.8, 4) is 0 Å². The fourth-order valence-electron chi connectivity index (χ4n) is 2.48. The second kappa shape index (κ2) is 4.53. The summed E-state index contributed by atoms with van der Waals surface area (Å²) in [7, 11) is 1.27. The molecule has 1 aliphatic rings. The predicted octanol–water partition coefficient (Wildman–Crippen LogP) is 2.58. The highest BCUT2D eigenvalue weighted by molar-refractivity contribution is 5.93. The number of hydrogen-bond donors (Lipinski definition) is 1. The number of H-pyrrole nitrogens is 1. The third kappa shape index (κ3) is 2.03. The van der Waals surface area contributed by atoms with Gasteiger partial charge in [-0.25, -0.2) is 4.79 Å². The van der Waals surface area contributed by atoms with Crippen LogP contribution in [0, 0.1) is 0 Å². The van der Waals surface area contributed by atoms with E-state index in [0.717, 1.165) is 10.9 Å². The van der Waals surface area contributed by atoms with E-state index in [9.17, 15) is 9.59 Å². The van der Waals surface area contributed by atoms with Crippen LogP contribution in [0.25, 0.3) is 10.9 Å². The van der Waals surface area contributed by atoms with Gasteiger partial charge < -0.3 is 9.72 Å². The first kappa shape index (κ1) is 12.0. The summed E-state index contributed by atoms with van der Waals surface area (Å²) in [5.41, 5.74) is 1.69. The van der Waals surface area contributed by atoms with E-state index in [2.05, 4.69) is 15.8 Å². The number of rotatable bonds is 2. The van der Waals surface area contributed by atoms with Crippen LogP contribution in [-0.4, -0.2) is 18.1 Å². The molecule has 0 radical (unpaired) electrons. The van der Waals surface area contributed by atoms with Gasteiger partial charge in [-0.3, -0.25) is 4.79 Å². The zero-order valence-corrected chi connectivity index (χ0v) is 10.7. The van der Waals surface area contributed by atoms with Gasteiger partial charge in [0, 0.05) is 5.52 Å². The number of methoxy groups -OCH3 is 1. The van der Waals surface area contributed by atoms with E-state index in [1.165, 1.54) is 31.9 Å². The first-order valence-electron chi connectivity index (χ1n) is 6.44. The average Bonchev–Trinajstić information content (AvgIpc) is 2.35. The second-order valence-electron chi connectivity index (χ2n) is 4.98. The van der Waals surface area contributed by atoms with Crippen LogP contribution in [0.3, 0.4) is 0 Å². The third-order valence-electron chi connectivity index (χ3n) is 3.85. The van der Waals surface area contributed by atoms with Crippen molar-refractivity contribution in [1.29, 1.82) is 0 Å². The molecule has 1 aromatic carbocycles. The fraction of sp³-hybridized carbons (Fsp3) is 0.333. The van der Waals surface area contributed by atoms with Crippen molar-refractivity contribution >= 4 is 16.9 Å². The summed E-state index contributed by atoms with van der Waals surface area (Å²) in [4.78, 5) is 26.1. The Labute approximate surface area is 110 Å². The third-order valence-corrected chi connectivity index (χ3v) is 3.85. The molecular weight excluding hydrogens is 242 g/mol. The smallest absolute Gasteiger partial charge is 0.343 e. The number of aromatic nitrogens is 1. The number of esters is 1. The van der Waals surface area contributed by atoms with Gasteiger partial charge in [0.25, 0.3) is 5.56 Å². The maximum atomic E-state index is 11.8. The monoisotopic (exact) mass is 257 g/mol. The molecule has 19 heavy (non-hydrogen) atoms. The molecule has 1 aliphatic carbocycles. The molecular formula is C15H15NO3. The van der Waals surface area contributed by atoms with E-state index >= 15 is 0 Å². The second-order valence-corrected chi connectivity index (χ2v) is 4.98. The highest BCUT2D eigenvalue weighted by Gasteiger charge is 2.20. The molecule has 0 spiro atoms. The number of aromatic amines is 1. The van der Waals surface area contributed by atoms with Crippen molar-refractivity contribution < 1.29 is 9.53 Å². The number of nitrogens with one attached hydrogen (secondary N) is 1. The van der Waals surface area contributed by atoms with Gasteiger partial charge in [-0.05, 0) is 41.8 Å². The lowest BCUT2D eigenvalue weighted by Crippen LogP contribution is -2.18. The van der Waals surface area contributed by atoms with Crippen molar-refractivity contribution in [2.45, 2.75) is 25.2 Å². The van der Waals surface area contributed by atoms with Gasteiger partial charge in [-0.1, -0.05) is 18.6 Å². The van der Waals surface area contributed by atoms with Crippen molar-refractivity contribution in [3.05, 3.63) is 45.7 Å². The summed E-state index contributed by atoms with van der Waals surface area (Å²) in [6.45, 7) is 0. The van der Waals surface area contributed by atoms with Gasteiger partial charge in [0.1, 0.15) is 5.56 Å². The number of pyridine rings is 1. The fourth-order valence-corrected chi connectivity index (χ4v) is 2.48. The van der Waals surface area contributed by atoms with Gasteiger partial charge in [-0.2, -0.15) is 0 Å². The molecule has 1 N–H and O–H groups in total. The van der Waals surface area contributed by atoms with E-state index in [-0.39, 0.29) is 5.56 Å². The Hall–Kier alpha value is -2.10. The van der Waals surface area contributed by atoms with E-state index in [4.69, 9.17) is 0 Å². The molecule has 1 saturated carbocycles. The van der Waals surface area contributed by atoms with Crippen LogP contribution in [0.5, 0.6) is 0 Å². The van der Waals surface area contributed by atoms with Crippen molar-refractivity contribution in [3.63, 3.8) is 0 Å². The van der Waals surface area contributed by atoms with Crippen LogP contribution < -0.4 is 5.56 Å². The van der Waals surface area contributed by atoms with E-state index in [1.54, 1.807) is 6.07 Å². The maximum absolute atomic E-state index is 11.8. The lowest BCUT2D eigenvalue weighted by atomic mass is 9.80. The number of carbonyl (C=O) groups is 1. The molecule has 0 unspecified atom stereocenters. The molecule has 98 valence electrons. The molecule has 0 atom stereocenters. The molecule has 3 rings (SSSR count). The number of ether oxygens (including phenoxy) is 1. The van der Waals surface area contributed by atoms with Crippen LogP contribution in [0.4, 0.5) is 0 Å². The van der Waals surface area contributed by atoms with Crippen molar-refractivity contribution in [1.82, 2.24) is 4.98 Å². The van der Waals surface area contributed by atoms with Crippen LogP contribution in [0.2, 0.25) is 0 Å². The molecule has 0 aliphatic heterocycles. The first-order valence-corrected chi connectivity index (χ1v) is 6.44. The first-order chi connectivity index (χ1) is 9.19. The molecule has 0 saturated heterocycles. The van der Waals surface area contributed by atoms with Crippen LogP contribution in [-0.2, 0) is 4.74 Å². The molecule has 0 amide bonds. The van der Waals surface area contributed by atoms with Gasteiger partial charge >= 0.3 is 5.97 Å². The van der Waals surface area contributed by atoms with Crippen molar-refractivity contribution in [2.75, 3.05) is 7.11 Å². The number of carbonyl (C=O) groups excluding carboxylic acids is 1.